The van der Waals surface area contributed by atoms with Crippen molar-refractivity contribution in [1.29, 1.82) is 0 Å². The van der Waals surface area contributed by atoms with Crippen LogP contribution in [-0.4, -0.2) is 31.4 Å². The van der Waals surface area contributed by atoms with Gasteiger partial charge in [-0.15, -0.1) is 0 Å². The van der Waals surface area contributed by atoms with Crippen molar-refractivity contribution in [3.63, 3.8) is 0 Å². The summed E-state index contributed by atoms with van der Waals surface area (Å²) >= 11 is 0. The van der Waals surface area contributed by atoms with Crippen molar-refractivity contribution in [2.45, 2.75) is 24.3 Å². The van der Waals surface area contributed by atoms with Crippen LogP contribution in [0, 0.1) is 11.7 Å². The van der Waals surface area contributed by atoms with Crippen molar-refractivity contribution < 1.29 is 17.9 Å². The molecule has 2 rings (SSSR count). The summed E-state index contributed by atoms with van der Waals surface area (Å²) in [6, 6.07) is 3.63. The minimum Gasteiger partial charge on any atom is -0.392 e. The van der Waals surface area contributed by atoms with Crippen LogP contribution in [0.25, 0.3) is 0 Å². The standard InChI is InChI=1S/C12H16FNO3S/c1-14(7-9-2-3-9)18(16,17)12-6-10(8-15)4-5-11(12)13/h4-6,9,15H,2-3,7-8H2,1H3. The summed E-state index contributed by atoms with van der Waals surface area (Å²) in [6.45, 7) is 0.111. The molecule has 0 unspecified atom stereocenters. The van der Waals surface area contributed by atoms with E-state index in [0.717, 1.165) is 18.9 Å². The van der Waals surface area contributed by atoms with E-state index in [9.17, 15) is 12.8 Å². The third-order valence-corrected chi connectivity index (χ3v) is 4.92. The third kappa shape index (κ3) is 2.71. The number of hydrogen-bond donors (Lipinski definition) is 1. The van der Waals surface area contributed by atoms with Gasteiger partial charge in [-0.3, -0.25) is 0 Å². The van der Waals surface area contributed by atoms with Gasteiger partial charge in [0.25, 0.3) is 0 Å². The average molecular weight is 273 g/mol. The van der Waals surface area contributed by atoms with Crippen LogP contribution in [0.5, 0.6) is 0 Å². The number of benzene rings is 1. The van der Waals surface area contributed by atoms with Gasteiger partial charge in [-0.1, -0.05) is 6.07 Å². The topological polar surface area (TPSA) is 57.6 Å². The molecule has 0 saturated heterocycles. The first-order valence-corrected chi connectivity index (χ1v) is 7.25. The molecule has 4 nitrogen and oxygen atoms in total. The lowest BCUT2D eigenvalue weighted by Gasteiger charge is -2.17. The Hall–Kier alpha value is -0.980. The predicted molar refractivity (Wildman–Crippen MR) is 64.9 cm³/mol. The lowest BCUT2D eigenvalue weighted by Crippen LogP contribution is -2.29. The third-order valence-electron chi connectivity index (χ3n) is 3.08. The Kier molecular flexibility index (Phi) is 3.70. The lowest BCUT2D eigenvalue weighted by atomic mass is 10.2. The van der Waals surface area contributed by atoms with Gasteiger partial charge < -0.3 is 5.11 Å². The van der Waals surface area contributed by atoms with Crippen molar-refractivity contribution in [1.82, 2.24) is 4.31 Å². The summed E-state index contributed by atoms with van der Waals surface area (Å²) in [6.07, 6.45) is 2.05. The van der Waals surface area contributed by atoms with Gasteiger partial charge in [-0.2, -0.15) is 0 Å². The van der Waals surface area contributed by atoms with Crippen LogP contribution < -0.4 is 0 Å². The van der Waals surface area contributed by atoms with E-state index in [4.69, 9.17) is 5.11 Å². The first-order valence-electron chi connectivity index (χ1n) is 5.81. The molecule has 0 heterocycles. The molecule has 1 aromatic carbocycles. The summed E-state index contributed by atoms with van der Waals surface area (Å²) < 4.78 is 39.2. The average Bonchev–Trinajstić information content (AvgIpc) is 3.13. The molecule has 100 valence electrons. The van der Waals surface area contributed by atoms with E-state index in [-0.39, 0.29) is 11.5 Å². The number of rotatable bonds is 5. The highest BCUT2D eigenvalue weighted by Crippen LogP contribution is 2.31. The van der Waals surface area contributed by atoms with E-state index < -0.39 is 15.8 Å². The Balaban J connectivity index is 2.32. The molecule has 0 radical (unpaired) electrons. The van der Waals surface area contributed by atoms with Gasteiger partial charge in [0.1, 0.15) is 10.7 Å². The van der Waals surface area contributed by atoms with Crippen LogP contribution in [0.4, 0.5) is 4.39 Å². The van der Waals surface area contributed by atoms with Crippen molar-refractivity contribution in [2.24, 2.45) is 5.92 Å². The molecule has 0 spiro atoms. The zero-order chi connectivity index (χ0) is 13.3. The molecule has 0 atom stereocenters. The Bertz CT molecular complexity index is 540. The number of sulfonamides is 1. The van der Waals surface area contributed by atoms with Crippen molar-refractivity contribution in [3.8, 4) is 0 Å². The van der Waals surface area contributed by atoms with Crippen molar-refractivity contribution in [2.75, 3.05) is 13.6 Å². The maximum absolute atomic E-state index is 13.6. The Labute approximate surface area is 106 Å². The number of hydrogen-bond acceptors (Lipinski definition) is 3. The highest BCUT2D eigenvalue weighted by Gasteiger charge is 2.30. The maximum atomic E-state index is 13.6. The van der Waals surface area contributed by atoms with Crippen molar-refractivity contribution >= 4 is 10.0 Å². The summed E-state index contributed by atoms with van der Waals surface area (Å²) in [5, 5.41) is 8.98. The van der Waals surface area contributed by atoms with Gasteiger partial charge in [0.15, 0.2) is 0 Å². The summed E-state index contributed by atoms with van der Waals surface area (Å²) in [5.41, 5.74) is 0.384. The molecule has 18 heavy (non-hydrogen) atoms. The minimum atomic E-state index is -3.81. The molecule has 0 aromatic heterocycles. The van der Waals surface area contributed by atoms with Crippen LogP contribution in [-0.2, 0) is 16.6 Å². The van der Waals surface area contributed by atoms with Crippen LogP contribution >= 0.6 is 0 Å². The van der Waals surface area contributed by atoms with Crippen molar-refractivity contribution in [3.05, 3.63) is 29.6 Å². The van der Waals surface area contributed by atoms with Gasteiger partial charge in [-0.25, -0.2) is 17.1 Å². The normalized spacial score (nSPS) is 16.2. The van der Waals surface area contributed by atoms with Crippen LogP contribution in [0.1, 0.15) is 18.4 Å². The fourth-order valence-electron chi connectivity index (χ4n) is 1.77. The van der Waals surface area contributed by atoms with Gasteiger partial charge in [0.05, 0.1) is 6.61 Å². The van der Waals surface area contributed by atoms with E-state index in [1.165, 1.54) is 23.5 Å². The van der Waals surface area contributed by atoms with E-state index in [0.29, 0.717) is 18.0 Å². The second kappa shape index (κ2) is 4.95. The smallest absolute Gasteiger partial charge is 0.245 e. The second-order valence-corrected chi connectivity index (χ2v) is 6.67. The molecular weight excluding hydrogens is 257 g/mol. The Morgan fingerprint density at radius 3 is 2.67 bits per heavy atom. The highest BCUT2D eigenvalue weighted by molar-refractivity contribution is 7.89. The Morgan fingerprint density at radius 2 is 2.11 bits per heavy atom. The molecule has 1 aromatic rings. The van der Waals surface area contributed by atoms with Crippen LogP contribution in [0.3, 0.4) is 0 Å². The number of aliphatic hydroxyl groups is 1. The quantitative estimate of drug-likeness (QED) is 0.881. The number of nitrogens with zero attached hydrogens (tertiary/aromatic N) is 1. The first-order chi connectivity index (χ1) is 8.45. The van der Waals surface area contributed by atoms with Crippen LogP contribution in [0.2, 0.25) is 0 Å². The molecule has 0 bridgehead atoms. The number of aliphatic hydroxyl groups excluding tert-OH is 1. The minimum absolute atomic E-state index is 0.310. The molecule has 1 aliphatic carbocycles. The van der Waals surface area contributed by atoms with Gasteiger partial charge in [0.2, 0.25) is 10.0 Å². The summed E-state index contributed by atoms with van der Waals surface area (Å²) in [5.74, 6) is -0.385. The maximum Gasteiger partial charge on any atom is 0.245 e. The Morgan fingerprint density at radius 1 is 1.44 bits per heavy atom. The molecule has 0 amide bonds. The fourth-order valence-corrected chi connectivity index (χ4v) is 3.13. The summed E-state index contributed by atoms with van der Waals surface area (Å²) in [4.78, 5) is -0.364. The van der Waals surface area contributed by atoms with E-state index in [2.05, 4.69) is 0 Å². The van der Waals surface area contributed by atoms with Gasteiger partial charge in [0, 0.05) is 13.6 Å². The second-order valence-electron chi connectivity index (χ2n) is 4.65. The molecule has 0 aliphatic heterocycles. The molecular formula is C12H16FNO3S. The lowest BCUT2D eigenvalue weighted by molar-refractivity contribution is 0.281. The molecule has 6 heteroatoms. The van der Waals surface area contributed by atoms with Crippen LogP contribution in [0.15, 0.2) is 23.1 Å². The molecule has 1 fully saturated rings. The highest BCUT2D eigenvalue weighted by atomic mass is 32.2. The van der Waals surface area contributed by atoms with E-state index in [1.807, 2.05) is 0 Å². The molecule has 1 N–H and O–H groups in total. The number of halogens is 1. The zero-order valence-corrected chi connectivity index (χ0v) is 11.0. The van der Waals surface area contributed by atoms with Gasteiger partial charge in [-0.05, 0) is 36.5 Å². The molecule has 1 aliphatic rings. The zero-order valence-electron chi connectivity index (χ0n) is 10.1. The van der Waals surface area contributed by atoms with E-state index >= 15 is 0 Å². The monoisotopic (exact) mass is 273 g/mol. The largest absolute Gasteiger partial charge is 0.392 e. The first kappa shape index (κ1) is 13.5. The molecule has 1 saturated carbocycles. The predicted octanol–water partition coefficient (Wildman–Crippen LogP) is 1.35. The SMILES string of the molecule is CN(CC1CC1)S(=O)(=O)c1cc(CO)ccc1F. The fraction of sp³-hybridized carbons (Fsp3) is 0.500. The summed E-state index contributed by atoms with van der Waals surface area (Å²) in [7, 11) is -2.35. The van der Waals surface area contributed by atoms with Gasteiger partial charge >= 0.3 is 0 Å². The van der Waals surface area contributed by atoms with E-state index in [1.54, 1.807) is 0 Å².